The fourth-order valence-corrected chi connectivity index (χ4v) is 3.36. The predicted octanol–water partition coefficient (Wildman–Crippen LogP) is 3.40. The number of benzene rings is 2. The molecule has 0 aromatic heterocycles. The molecule has 2 aromatic rings. The van der Waals surface area contributed by atoms with Gasteiger partial charge in [-0.2, -0.15) is 0 Å². The van der Waals surface area contributed by atoms with Crippen molar-refractivity contribution in [1.29, 1.82) is 0 Å². The Balaban J connectivity index is 1.55. The Bertz CT molecular complexity index is 850. The van der Waals surface area contributed by atoms with Gasteiger partial charge in [-0.05, 0) is 48.2 Å². The summed E-state index contributed by atoms with van der Waals surface area (Å²) in [5.74, 6) is 1.47. The van der Waals surface area contributed by atoms with Crippen molar-refractivity contribution in [1.82, 2.24) is 4.90 Å². The van der Waals surface area contributed by atoms with Gasteiger partial charge < -0.3 is 19.7 Å². The van der Waals surface area contributed by atoms with E-state index < -0.39 is 0 Å². The van der Waals surface area contributed by atoms with E-state index >= 15 is 0 Å². The fourth-order valence-electron chi connectivity index (χ4n) is 3.36. The van der Waals surface area contributed by atoms with E-state index in [2.05, 4.69) is 5.32 Å². The Morgan fingerprint density at radius 1 is 1.07 bits per heavy atom. The van der Waals surface area contributed by atoms with E-state index in [1.54, 1.807) is 14.2 Å². The molecular formula is C22H26N2O4. The number of hydrogen-bond donors (Lipinski definition) is 1. The van der Waals surface area contributed by atoms with Gasteiger partial charge >= 0.3 is 0 Å². The first-order chi connectivity index (χ1) is 13.6. The maximum absolute atomic E-state index is 12.3. The van der Waals surface area contributed by atoms with Crippen LogP contribution in [0.15, 0.2) is 42.5 Å². The van der Waals surface area contributed by atoms with Crippen molar-refractivity contribution in [2.45, 2.75) is 32.2 Å². The molecule has 0 spiro atoms. The summed E-state index contributed by atoms with van der Waals surface area (Å²) in [5.41, 5.74) is 2.78. The highest BCUT2D eigenvalue weighted by atomic mass is 16.5. The van der Waals surface area contributed by atoms with Gasteiger partial charge in [0.25, 0.3) is 0 Å². The number of nitrogens with zero attached hydrogens (tertiary/aromatic N) is 1. The first kappa shape index (κ1) is 19.7. The van der Waals surface area contributed by atoms with Crippen LogP contribution in [0.25, 0.3) is 0 Å². The van der Waals surface area contributed by atoms with Gasteiger partial charge in [0.1, 0.15) is 0 Å². The summed E-state index contributed by atoms with van der Waals surface area (Å²) in [7, 11) is 3.19. The number of anilines is 1. The molecule has 0 bridgehead atoms. The first-order valence-electron chi connectivity index (χ1n) is 9.46. The van der Waals surface area contributed by atoms with Crippen LogP contribution >= 0.6 is 0 Å². The number of ether oxygens (including phenoxy) is 2. The molecule has 0 atom stereocenters. The molecule has 6 heteroatoms. The lowest BCUT2D eigenvalue weighted by Gasteiger charge is -2.16. The van der Waals surface area contributed by atoms with Crippen LogP contribution in [0.5, 0.6) is 11.5 Å². The van der Waals surface area contributed by atoms with Crippen LogP contribution in [0.4, 0.5) is 5.69 Å². The van der Waals surface area contributed by atoms with Crippen LogP contribution in [-0.2, 0) is 22.6 Å². The summed E-state index contributed by atoms with van der Waals surface area (Å²) < 4.78 is 10.5. The number of amides is 2. The number of carbonyl (C=O) groups is 2. The fraction of sp³-hybridized carbons (Fsp3) is 0.364. The van der Waals surface area contributed by atoms with Crippen molar-refractivity contribution in [3.8, 4) is 11.5 Å². The number of carbonyl (C=O) groups excluding carboxylic acids is 2. The van der Waals surface area contributed by atoms with Gasteiger partial charge in [0.05, 0.1) is 14.2 Å². The highest BCUT2D eigenvalue weighted by Crippen LogP contribution is 2.28. The smallest absolute Gasteiger partial charge is 0.224 e. The van der Waals surface area contributed by atoms with Crippen molar-refractivity contribution in [2.75, 3.05) is 26.1 Å². The molecule has 1 fully saturated rings. The Morgan fingerprint density at radius 3 is 2.61 bits per heavy atom. The van der Waals surface area contributed by atoms with Gasteiger partial charge in [0.15, 0.2) is 11.5 Å². The largest absolute Gasteiger partial charge is 0.493 e. The summed E-state index contributed by atoms with van der Waals surface area (Å²) in [6, 6.07) is 13.3. The highest BCUT2D eigenvalue weighted by Gasteiger charge is 2.20. The third-order valence-corrected chi connectivity index (χ3v) is 4.84. The molecule has 0 aliphatic carbocycles. The number of nitrogens with one attached hydrogen (secondary N) is 1. The molecule has 1 aliphatic heterocycles. The molecule has 148 valence electrons. The molecule has 3 rings (SSSR count). The lowest BCUT2D eigenvalue weighted by Crippen LogP contribution is -2.23. The molecule has 6 nitrogen and oxygen atoms in total. The highest BCUT2D eigenvalue weighted by molar-refractivity contribution is 5.91. The van der Waals surface area contributed by atoms with Gasteiger partial charge in [0, 0.05) is 31.6 Å². The normalized spacial score (nSPS) is 13.5. The molecule has 1 aliphatic rings. The Labute approximate surface area is 165 Å². The van der Waals surface area contributed by atoms with Crippen molar-refractivity contribution < 1.29 is 19.1 Å². The minimum Gasteiger partial charge on any atom is -0.493 e. The first-order valence-corrected chi connectivity index (χ1v) is 9.46. The molecule has 2 amide bonds. The average molecular weight is 382 g/mol. The Morgan fingerprint density at radius 2 is 1.89 bits per heavy atom. The van der Waals surface area contributed by atoms with Crippen LogP contribution in [0, 0.1) is 0 Å². The lowest BCUT2D eigenvalue weighted by atomic mass is 10.1. The topological polar surface area (TPSA) is 67.9 Å². The van der Waals surface area contributed by atoms with Crippen molar-refractivity contribution >= 4 is 17.5 Å². The molecule has 2 aromatic carbocycles. The van der Waals surface area contributed by atoms with E-state index in [-0.39, 0.29) is 11.8 Å². The molecule has 0 radical (unpaired) electrons. The average Bonchev–Trinajstić information content (AvgIpc) is 3.11. The van der Waals surface area contributed by atoms with E-state index in [9.17, 15) is 9.59 Å². The van der Waals surface area contributed by atoms with Crippen LogP contribution in [0.3, 0.4) is 0 Å². The molecule has 1 saturated heterocycles. The van der Waals surface area contributed by atoms with Crippen molar-refractivity contribution in [2.24, 2.45) is 0 Å². The second-order valence-electron chi connectivity index (χ2n) is 6.86. The monoisotopic (exact) mass is 382 g/mol. The molecule has 1 heterocycles. The van der Waals surface area contributed by atoms with Crippen LogP contribution in [0.2, 0.25) is 0 Å². The third-order valence-electron chi connectivity index (χ3n) is 4.84. The van der Waals surface area contributed by atoms with Crippen LogP contribution < -0.4 is 14.8 Å². The standard InChI is InChI=1S/C22H26N2O4/c1-27-19-10-8-16(14-20(19)28-2)9-11-21(25)23-18-6-3-5-17(13-18)15-24-12-4-7-22(24)26/h3,5-6,8,10,13-14H,4,7,9,11-12,15H2,1-2H3,(H,23,25). The number of hydrogen-bond acceptors (Lipinski definition) is 4. The third kappa shape index (κ3) is 5.03. The summed E-state index contributed by atoms with van der Waals surface area (Å²) in [5, 5.41) is 2.94. The van der Waals surface area contributed by atoms with E-state index in [0.29, 0.717) is 37.3 Å². The molecular weight excluding hydrogens is 356 g/mol. The SMILES string of the molecule is COc1ccc(CCC(=O)Nc2cccc(CN3CCCC3=O)c2)cc1OC. The molecule has 0 saturated carbocycles. The number of aryl methyl sites for hydroxylation is 1. The van der Waals surface area contributed by atoms with Crippen LogP contribution in [-0.4, -0.2) is 37.5 Å². The van der Waals surface area contributed by atoms with Crippen molar-refractivity contribution in [3.05, 3.63) is 53.6 Å². The van der Waals surface area contributed by atoms with Gasteiger partial charge in [-0.1, -0.05) is 18.2 Å². The van der Waals surface area contributed by atoms with Crippen LogP contribution in [0.1, 0.15) is 30.4 Å². The number of methoxy groups -OCH3 is 2. The number of likely N-dealkylation sites (tertiary alicyclic amines) is 1. The summed E-state index contributed by atoms with van der Waals surface area (Å²) >= 11 is 0. The molecule has 28 heavy (non-hydrogen) atoms. The summed E-state index contributed by atoms with van der Waals surface area (Å²) in [6.07, 6.45) is 2.52. The van der Waals surface area contributed by atoms with Crippen molar-refractivity contribution in [3.63, 3.8) is 0 Å². The van der Waals surface area contributed by atoms with Gasteiger partial charge in [-0.3, -0.25) is 9.59 Å². The zero-order valence-electron chi connectivity index (χ0n) is 16.4. The van der Waals surface area contributed by atoms with E-state index in [4.69, 9.17) is 9.47 Å². The lowest BCUT2D eigenvalue weighted by molar-refractivity contribution is -0.128. The number of rotatable bonds is 8. The zero-order valence-corrected chi connectivity index (χ0v) is 16.4. The van der Waals surface area contributed by atoms with E-state index in [0.717, 1.165) is 29.8 Å². The second-order valence-corrected chi connectivity index (χ2v) is 6.86. The van der Waals surface area contributed by atoms with Gasteiger partial charge in [-0.25, -0.2) is 0 Å². The zero-order chi connectivity index (χ0) is 19.9. The van der Waals surface area contributed by atoms with E-state index in [1.165, 1.54) is 0 Å². The summed E-state index contributed by atoms with van der Waals surface area (Å²) in [4.78, 5) is 26.0. The molecule has 1 N–H and O–H groups in total. The summed E-state index contributed by atoms with van der Waals surface area (Å²) in [6.45, 7) is 1.40. The quantitative estimate of drug-likeness (QED) is 0.760. The minimum atomic E-state index is -0.0517. The molecule has 0 unspecified atom stereocenters. The van der Waals surface area contributed by atoms with Gasteiger partial charge in [0.2, 0.25) is 11.8 Å². The Hall–Kier alpha value is -3.02. The maximum atomic E-state index is 12.3. The minimum absolute atomic E-state index is 0.0517. The Kier molecular flexibility index (Phi) is 6.53. The second kappa shape index (κ2) is 9.26. The predicted molar refractivity (Wildman–Crippen MR) is 108 cm³/mol. The van der Waals surface area contributed by atoms with E-state index in [1.807, 2.05) is 47.4 Å². The van der Waals surface area contributed by atoms with Gasteiger partial charge in [-0.15, -0.1) is 0 Å². The maximum Gasteiger partial charge on any atom is 0.224 e.